The van der Waals surface area contributed by atoms with E-state index < -0.39 is 0 Å². The van der Waals surface area contributed by atoms with Crippen LogP contribution in [0.4, 0.5) is 5.13 Å². The van der Waals surface area contributed by atoms with E-state index in [4.69, 9.17) is 9.72 Å². The molecule has 35 heavy (non-hydrogen) atoms. The Bertz CT molecular complexity index is 1360. The second-order valence-corrected chi connectivity index (χ2v) is 11.4. The molecule has 2 aliphatic heterocycles. The molecule has 1 N–H and O–H groups in total. The van der Waals surface area contributed by atoms with Gasteiger partial charge in [-0.3, -0.25) is 4.90 Å². The largest absolute Gasteiger partial charge is 0.381 e. The first-order chi connectivity index (χ1) is 16.9. The monoisotopic (exact) mass is 493 g/mol. The van der Waals surface area contributed by atoms with Crippen LogP contribution in [-0.2, 0) is 4.74 Å². The van der Waals surface area contributed by atoms with Crippen molar-refractivity contribution in [2.75, 3.05) is 37.7 Å². The van der Waals surface area contributed by atoms with Crippen LogP contribution in [0.25, 0.3) is 27.3 Å². The van der Waals surface area contributed by atoms with Gasteiger partial charge < -0.3 is 14.6 Å². The summed E-state index contributed by atoms with van der Waals surface area (Å²) in [7, 11) is 0. The Kier molecular flexibility index (Phi) is 5.81. The molecule has 4 aromatic rings. The lowest BCUT2D eigenvalue weighted by Crippen LogP contribution is -2.55. The van der Waals surface area contributed by atoms with Crippen molar-refractivity contribution in [3.8, 4) is 11.3 Å². The number of anilines is 1. The summed E-state index contributed by atoms with van der Waals surface area (Å²) in [6, 6.07) is 1.12. The Morgan fingerprint density at radius 3 is 2.69 bits per heavy atom. The van der Waals surface area contributed by atoms with Crippen LogP contribution in [0.1, 0.15) is 56.2 Å². The second-order valence-electron chi connectivity index (χ2n) is 10.4. The lowest BCUT2D eigenvalue weighted by atomic mass is 9.96. The zero-order chi connectivity index (χ0) is 24.3. The van der Waals surface area contributed by atoms with Crippen LogP contribution in [0.5, 0.6) is 0 Å². The molecule has 0 spiro atoms. The average Bonchev–Trinajstić information content (AvgIpc) is 3.56. The first-order valence-electron chi connectivity index (χ1n) is 12.8. The smallest absolute Gasteiger partial charge is 0.188 e. The van der Waals surface area contributed by atoms with Gasteiger partial charge in [0.25, 0.3) is 0 Å². The summed E-state index contributed by atoms with van der Waals surface area (Å²) in [4.78, 5) is 19.8. The van der Waals surface area contributed by atoms with E-state index in [2.05, 4.69) is 65.7 Å². The van der Waals surface area contributed by atoms with Crippen LogP contribution < -0.4 is 4.90 Å². The molecule has 1 unspecified atom stereocenters. The van der Waals surface area contributed by atoms with Gasteiger partial charge in [0.15, 0.2) is 10.8 Å². The molecule has 0 radical (unpaired) electrons. The number of aromatic amines is 1. The van der Waals surface area contributed by atoms with Crippen molar-refractivity contribution in [1.29, 1.82) is 0 Å². The van der Waals surface area contributed by atoms with E-state index in [0.29, 0.717) is 18.0 Å². The van der Waals surface area contributed by atoms with E-state index in [9.17, 15) is 0 Å². The summed E-state index contributed by atoms with van der Waals surface area (Å²) < 4.78 is 7.46. The molecule has 0 aromatic carbocycles. The Labute approximate surface area is 210 Å². The number of pyridine rings is 1. The molecule has 4 aromatic heterocycles. The SMILES string of the molecule is Cc1c(-c2[nH]c3sc(N4CCN(C5CCOCC5)CC4C)nc3c2C(C)C)cn2ncnc2c1C. The van der Waals surface area contributed by atoms with Crippen molar-refractivity contribution >= 4 is 32.5 Å². The number of aromatic nitrogens is 5. The fourth-order valence-electron chi connectivity index (χ4n) is 5.88. The van der Waals surface area contributed by atoms with E-state index in [1.54, 1.807) is 17.7 Å². The lowest BCUT2D eigenvalue weighted by Gasteiger charge is -2.44. The third-order valence-electron chi connectivity index (χ3n) is 7.96. The first kappa shape index (κ1) is 22.9. The maximum absolute atomic E-state index is 5.58. The van der Waals surface area contributed by atoms with Crippen LogP contribution in [0.15, 0.2) is 12.5 Å². The standard InChI is InChI=1S/C26H35N7OS/c1-15(2)21-22(20-13-33-24(27-14-28-33)18(5)17(20)4)29-25-23(21)30-26(35-25)32-9-8-31(12-16(32)3)19-6-10-34-11-7-19/h13-16,19,29H,6-12H2,1-5H3. The molecular weight excluding hydrogens is 458 g/mol. The molecule has 8 nitrogen and oxygen atoms in total. The van der Waals surface area contributed by atoms with Gasteiger partial charge in [0, 0.05) is 62.3 Å². The zero-order valence-corrected chi connectivity index (χ0v) is 22.2. The summed E-state index contributed by atoms with van der Waals surface area (Å²) in [6.07, 6.45) is 6.04. The molecule has 9 heteroatoms. The molecule has 6 heterocycles. The number of hydrogen-bond donors (Lipinski definition) is 1. The predicted octanol–water partition coefficient (Wildman–Crippen LogP) is 4.76. The van der Waals surface area contributed by atoms with E-state index >= 15 is 0 Å². The van der Waals surface area contributed by atoms with Crippen LogP contribution in [0, 0.1) is 13.8 Å². The Morgan fingerprint density at radius 1 is 1.14 bits per heavy atom. The third kappa shape index (κ3) is 3.84. The number of H-pyrrole nitrogens is 1. The van der Waals surface area contributed by atoms with Crippen molar-refractivity contribution in [3.05, 3.63) is 29.2 Å². The molecule has 0 aliphatic carbocycles. The van der Waals surface area contributed by atoms with Crippen molar-refractivity contribution in [2.45, 2.75) is 65.5 Å². The van der Waals surface area contributed by atoms with E-state index in [1.807, 2.05) is 4.52 Å². The summed E-state index contributed by atoms with van der Waals surface area (Å²) in [5, 5.41) is 5.54. The molecule has 2 aliphatic rings. The van der Waals surface area contributed by atoms with Gasteiger partial charge in [-0.05, 0) is 50.7 Å². The lowest BCUT2D eigenvalue weighted by molar-refractivity contribution is 0.0280. The highest BCUT2D eigenvalue weighted by Crippen LogP contribution is 2.41. The number of aryl methyl sites for hydroxylation is 1. The van der Waals surface area contributed by atoms with Gasteiger partial charge in [0.2, 0.25) is 0 Å². The summed E-state index contributed by atoms with van der Waals surface area (Å²) in [6.45, 7) is 16.2. The molecule has 186 valence electrons. The zero-order valence-electron chi connectivity index (χ0n) is 21.3. The number of fused-ring (bicyclic) bond motifs is 2. The second kappa shape index (κ2) is 8.87. The van der Waals surface area contributed by atoms with E-state index in [1.165, 1.54) is 16.7 Å². The maximum Gasteiger partial charge on any atom is 0.188 e. The van der Waals surface area contributed by atoms with Gasteiger partial charge in [-0.1, -0.05) is 25.2 Å². The van der Waals surface area contributed by atoms with E-state index in [0.717, 1.165) is 78.1 Å². The van der Waals surface area contributed by atoms with Crippen LogP contribution in [-0.4, -0.2) is 74.4 Å². The number of thiazole rings is 1. The fraction of sp³-hybridized carbons (Fsp3) is 0.577. The molecule has 6 rings (SSSR count). The maximum atomic E-state index is 5.58. The minimum Gasteiger partial charge on any atom is -0.381 e. The van der Waals surface area contributed by atoms with Crippen LogP contribution >= 0.6 is 11.3 Å². The van der Waals surface area contributed by atoms with Crippen molar-refractivity contribution in [1.82, 2.24) is 29.5 Å². The van der Waals surface area contributed by atoms with Gasteiger partial charge in [-0.2, -0.15) is 5.10 Å². The molecule has 2 fully saturated rings. The highest BCUT2D eigenvalue weighted by atomic mass is 32.1. The number of ether oxygens (including phenoxy) is 1. The molecule has 0 saturated carbocycles. The highest BCUT2D eigenvalue weighted by molar-refractivity contribution is 7.21. The molecule has 2 saturated heterocycles. The number of nitrogens with zero attached hydrogens (tertiary/aromatic N) is 6. The third-order valence-corrected chi connectivity index (χ3v) is 8.97. The fourth-order valence-corrected chi connectivity index (χ4v) is 6.99. The van der Waals surface area contributed by atoms with Gasteiger partial charge >= 0.3 is 0 Å². The minimum absolute atomic E-state index is 0.350. The number of hydrogen-bond acceptors (Lipinski definition) is 7. The van der Waals surface area contributed by atoms with Gasteiger partial charge in [-0.25, -0.2) is 14.5 Å². The van der Waals surface area contributed by atoms with Crippen molar-refractivity contribution in [3.63, 3.8) is 0 Å². The topological polar surface area (TPSA) is 74.6 Å². The van der Waals surface area contributed by atoms with Gasteiger partial charge in [0.1, 0.15) is 16.7 Å². The quantitative estimate of drug-likeness (QED) is 0.442. The van der Waals surface area contributed by atoms with Crippen LogP contribution in [0.2, 0.25) is 0 Å². The first-order valence-corrected chi connectivity index (χ1v) is 13.6. The summed E-state index contributed by atoms with van der Waals surface area (Å²) >= 11 is 1.79. The normalized spacial score (nSPS) is 20.6. The van der Waals surface area contributed by atoms with Gasteiger partial charge in [-0.15, -0.1) is 0 Å². The number of nitrogens with one attached hydrogen (secondary N) is 1. The van der Waals surface area contributed by atoms with Gasteiger partial charge in [0.05, 0.1) is 5.69 Å². The molecule has 0 amide bonds. The van der Waals surface area contributed by atoms with Crippen molar-refractivity contribution < 1.29 is 4.74 Å². The summed E-state index contributed by atoms with van der Waals surface area (Å²) in [5.74, 6) is 0.350. The Balaban J connectivity index is 1.33. The Morgan fingerprint density at radius 2 is 1.94 bits per heavy atom. The number of piperazine rings is 1. The Hall–Kier alpha value is -2.49. The molecular formula is C26H35N7OS. The van der Waals surface area contributed by atoms with Crippen molar-refractivity contribution in [2.24, 2.45) is 0 Å². The molecule has 1 atom stereocenters. The highest BCUT2D eigenvalue weighted by Gasteiger charge is 2.32. The summed E-state index contributed by atoms with van der Waals surface area (Å²) in [5.41, 5.74) is 8.06. The van der Waals surface area contributed by atoms with Crippen LogP contribution in [0.3, 0.4) is 0 Å². The minimum atomic E-state index is 0.350. The molecule has 0 bridgehead atoms. The van der Waals surface area contributed by atoms with E-state index in [-0.39, 0.29) is 0 Å². The predicted molar refractivity (Wildman–Crippen MR) is 142 cm³/mol. The number of rotatable bonds is 4. The average molecular weight is 494 g/mol.